The largest absolute Gasteiger partial charge is 0.399 e. The SMILES string of the molecule is Nc1ccc(C(=O)N2CC3CCC(C2)O3)cc1. The number of nitrogens with two attached hydrogens (primary N) is 1. The summed E-state index contributed by atoms with van der Waals surface area (Å²) in [7, 11) is 0. The first-order valence-corrected chi connectivity index (χ1v) is 6.02. The molecule has 0 aliphatic carbocycles. The van der Waals surface area contributed by atoms with E-state index >= 15 is 0 Å². The van der Waals surface area contributed by atoms with Gasteiger partial charge in [0.25, 0.3) is 5.91 Å². The van der Waals surface area contributed by atoms with Crippen molar-refractivity contribution in [1.82, 2.24) is 4.90 Å². The Morgan fingerprint density at radius 1 is 1.18 bits per heavy atom. The van der Waals surface area contributed by atoms with Crippen LogP contribution in [0.1, 0.15) is 23.2 Å². The molecule has 2 aliphatic rings. The predicted octanol–water partition coefficient (Wildman–Crippen LogP) is 1.27. The summed E-state index contributed by atoms with van der Waals surface area (Å²) in [6, 6.07) is 7.11. The van der Waals surface area contributed by atoms with Gasteiger partial charge in [0.2, 0.25) is 0 Å². The van der Waals surface area contributed by atoms with Gasteiger partial charge in [-0.2, -0.15) is 0 Å². The number of ether oxygens (including phenoxy) is 1. The van der Waals surface area contributed by atoms with Gasteiger partial charge in [-0.1, -0.05) is 0 Å². The molecule has 2 atom stereocenters. The standard InChI is InChI=1S/C13H16N2O2/c14-10-3-1-9(2-4-10)13(16)15-7-11-5-6-12(8-15)17-11/h1-4,11-12H,5-8,14H2. The van der Waals surface area contributed by atoms with E-state index in [1.807, 2.05) is 4.90 Å². The maximum absolute atomic E-state index is 12.3. The van der Waals surface area contributed by atoms with Crippen LogP contribution in [0.15, 0.2) is 24.3 Å². The zero-order valence-electron chi connectivity index (χ0n) is 9.63. The van der Waals surface area contributed by atoms with Gasteiger partial charge >= 0.3 is 0 Å². The van der Waals surface area contributed by atoms with Gasteiger partial charge in [-0.25, -0.2) is 0 Å². The number of nitrogens with zero attached hydrogens (tertiary/aromatic N) is 1. The lowest BCUT2D eigenvalue weighted by Crippen LogP contribution is -2.45. The molecule has 0 aromatic heterocycles. The second-order valence-corrected chi connectivity index (χ2v) is 4.79. The molecule has 1 aromatic carbocycles. The van der Waals surface area contributed by atoms with E-state index in [1.54, 1.807) is 24.3 Å². The van der Waals surface area contributed by atoms with Crippen molar-refractivity contribution < 1.29 is 9.53 Å². The molecule has 2 N–H and O–H groups in total. The summed E-state index contributed by atoms with van der Waals surface area (Å²) >= 11 is 0. The monoisotopic (exact) mass is 232 g/mol. The van der Waals surface area contributed by atoms with Gasteiger partial charge in [0.15, 0.2) is 0 Å². The first-order chi connectivity index (χ1) is 8.22. The van der Waals surface area contributed by atoms with Gasteiger partial charge in [0.1, 0.15) is 0 Å². The lowest BCUT2D eigenvalue weighted by atomic mass is 10.1. The Hall–Kier alpha value is -1.55. The van der Waals surface area contributed by atoms with Crippen LogP contribution in [0.3, 0.4) is 0 Å². The maximum atomic E-state index is 12.3. The van der Waals surface area contributed by atoms with Crippen LogP contribution in [-0.2, 0) is 4.74 Å². The van der Waals surface area contributed by atoms with Crippen LogP contribution in [-0.4, -0.2) is 36.1 Å². The molecule has 2 saturated heterocycles. The minimum Gasteiger partial charge on any atom is -0.399 e. The van der Waals surface area contributed by atoms with Gasteiger partial charge in [0, 0.05) is 24.3 Å². The highest BCUT2D eigenvalue weighted by atomic mass is 16.5. The average Bonchev–Trinajstić information content (AvgIpc) is 2.68. The topological polar surface area (TPSA) is 55.6 Å². The third kappa shape index (κ3) is 2.00. The van der Waals surface area contributed by atoms with Crippen molar-refractivity contribution in [3.63, 3.8) is 0 Å². The number of amides is 1. The molecule has 0 saturated carbocycles. The second kappa shape index (κ2) is 4.04. The zero-order chi connectivity index (χ0) is 11.8. The third-order valence-electron chi connectivity index (χ3n) is 3.49. The molecule has 4 heteroatoms. The van der Waals surface area contributed by atoms with Crippen molar-refractivity contribution in [2.75, 3.05) is 18.8 Å². The number of anilines is 1. The zero-order valence-corrected chi connectivity index (χ0v) is 9.63. The van der Waals surface area contributed by atoms with Crippen molar-refractivity contribution in [1.29, 1.82) is 0 Å². The molecule has 1 aromatic rings. The Morgan fingerprint density at radius 2 is 1.76 bits per heavy atom. The molecule has 17 heavy (non-hydrogen) atoms. The summed E-state index contributed by atoms with van der Waals surface area (Å²) in [6.45, 7) is 1.44. The minimum atomic E-state index is 0.0881. The third-order valence-corrected chi connectivity index (χ3v) is 3.49. The molecule has 4 nitrogen and oxygen atoms in total. The summed E-state index contributed by atoms with van der Waals surface area (Å²) < 4.78 is 5.72. The normalized spacial score (nSPS) is 27.2. The van der Waals surface area contributed by atoms with E-state index in [2.05, 4.69) is 0 Å². The highest BCUT2D eigenvalue weighted by Crippen LogP contribution is 2.27. The first-order valence-electron chi connectivity index (χ1n) is 6.02. The lowest BCUT2D eigenvalue weighted by molar-refractivity contribution is -0.0303. The fourth-order valence-electron chi connectivity index (χ4n) is 2.59. The number of fused-ring (bicyclic) bond motifs is 2. The Kier molecular flexibility index (Phi) is 2.52. The van der Waals surface area contributed by atoms with Gasteiger partial charge in [-0.05, 0) is 37.1 Å². The van der Waals surface area contributed by atoms with Crippen molar-refractivity contribution in [3.8, 4) is 0 Å². The molecule has 2 heterocycles. The number of hydrogen-bond donors (Lipinski definition) is 1. The molecule has 0 radical (unpaired) electrons. The van der Waals surface area contributed by atoms with Crippen LogP contribution >= 0.6 is 0 Å². The molecule has 0 spiro atoms. The molecule has 3 rings (SSSR count). The number of rotatable bonds is 1. The van der Waals surface area contributed by atoms with Crippen LogP contribution in [0.2, 0.25) is 0 Å². The lowest BCUT2D eigenvalue weighted by Gasteiger charge is -2.32. The summed E-state index contributed by atoms with van der Waals surface area (Å²) in [5.41, 5.74) is 7.01. The fraction of sp³-hybridized carbons (Fsp3) is 0.462. The van der Waals surface area contributed by atoms with E-state index in [-0.39, 0.29) is 18.1 Å². The van der Waals surface area contributed by atoms with Gasteiger partial charge in [-0.15, -0.1) is 0 Å². The molecular formula is C13H16N2O2. The summed E-state index contributed by atoms with van der Waals surface area (Å²) in [4.78, 5) is 14.2. The highest BCUT2D eigenvalue weighted by Gasteiger charge is 2.35. The van der Waals surface area contributed by atoms with Crippen LogP contribution in [0.4, 0.5) is 5.69 Å². The van der Waals surface area contributed by atoms with Gasteiger partial charge in [0.05, 0.1) is 12.2 Å². The van der Waals surface area contributed by atoms with Gasteiger partial charge in [-0.3, -0.25) is 4.79 Å². The molecule has 2 fully saturated rings. The first kappa shape index (κ1) is 10.6. The van der Waals surface area contributed by atoms with Gasteiger partial charge < -0.3 is 15.4 Å². The number of hydrogen-bond acceptors (Lipinski definition) is 3. The minimum absolute atomic E-state index is 0.0881. The molecule has 1 amide bonds. The van der Waals surface area contributed by atoms with Crippen LogP contribution in [0.5, 0.6) is 0 Å². The number of nitrogen functional groups attached to an aromatic ring is 1. The van der Waals surface area contributed by atoms with Crippen molar-refractivity contribution in [3.05, 3.63) is 29.8 Å². The Bertz CT molecular complexity index is 418. The molecule has 90 valence electrons. The van der Waals surface area contributed by atoms with Crippen LogP contribution < -0.4 is 5.73 Å². The average molecular weight is 232 g/mol. The highest BCUT2D eigenvalue weighted by molar-refractivity contribution is 5.94. The van der Waals surface area contributed by atoms with E-state index in [4.69, 9.17) is 10.5 Å². The van der Waals surface area contributed by atoms with Crippen LogP contribution in [0, 0.1) is 0 Å². The van der Waals surface area contributed by atoms with E-state index in [9.17, 15) is 4.79 Å². The van der Waals surface area contributed by atoms with E-state index < -0.39 is 0 Å². The Morgan fingerprint density at radius 3 is 2.35 bits per heavy atom. The Labute approximate surface area is 100 Å². The van der Waals surface area contributed by atoms with Crippen molar-refractivity contribution in [2.45, 2.75) is 25.0 Å². The number of likely N-dealkylation sites (tertiary alicyclic amines) is 1. The molecular weight excluding hydrogens is 216 g/mol. The fourth-order valence-corrected chi connectivity index (χ4v) is 2.59. The van der Waals surface area contributed by atoms with Crippen molar-refractivity contribution >= 4 is 11.6 Å². The maximum Gasteiger partial charge on any atom is 0.254 e. The van der Waals surface area contributed by atoms with Crippen molar-refractivity contribution in [2.24, 2.45) is 0 Å². The number of carbonyl (C=O) groups is 1. The molecule has 2 aliphatic heterocycles. The number of morpholine rings is 1. The smallest absolute Gasteiger partial charge is 0.254 e. The second-order valence-electron chi connectivity index (χ2n) is 4.79. The van der Waals surface area contributed by atoms with E-state index in [1.165, 1.54) is 0 Å². The van der Waals surface area contributed by atoms with E-state index in [0.717, 1.165) is 25.9 Å². The Balaban J connectivity index is 1.76. The van der Waals surface area contributed by atoms with E-state index in [0.29, 0.717) is 11.3 Å². The number of carbonyl (C=O) groups excluding carboxylic acids is 1. The van der Waals surface area contributed by atoms with Crippen LogP contribution in [0.25, 0.3) is 0 Å². The summed E-state index contributed by atoms with van der Waals surface area (Å²) in [5, 5.41) is 0. The molecule has 2 bridgehead atoms. The number of benzene rings is 1. The summed E-state index contributed by atoms with van der Waals surface area (Å²) in [5.74, 6) is 0.0881. The molecule has 2 unspecified atom stereocenters. The predicted molar refractivity (Wildman–Crippen MR) is 64.7 cm³/mol. The quantitative estimate of drug-likeness (QED) is 0.742. The summed E-state index contributed by atoms with van der Waals surface area (Å²) in [6.07, 6.45) is 2.64.